The first-order chi connectivity index (χ1) is 14.9. The number of halogens is 1. The van der Waals surface area contributed by atoms with Crippen LogP contribution in [-0.4, -0.2) is 47.2 Å². The van der Waals surface area contributed by atoms with Crippen LogP contribution in [0.2, 0.25) is 0 Å². The maximum Gasteiger partial charge on any atom is 0.246 e. The average Bonchev–Trinajstić information content (AvgIpc) is 2.89. The van der Waals surface area contributed by atoms with Gasteiger partial charge in [-0.15, -0.1) is 12.4 Å². The number of amides is 2. The molecular formula is C25H27ClN4O2. The predicted octanol–water partition coefficient (Wildman–Crippen LogP) is 4.02. The molecule has 1 N–H and O–H groups in total. The molecular weight excluding hydrogens is 424 g/mol. The van der Waals surface area contributed by atoms with E-state index in [1.165, 1.54) is 16.3 Å². The number of rotatable bonds is 4. The van der Waals surface area contributed by atoms with Crippen molar-refractivity contribution >= 4 is 46.9 Å². The fourth-order valence-corrected chi connectivity index (χ4v) is 3.88. The molecule has 4 rings (SSSR count). The third-order valence-electron chi connectivity index (χ3n) is 5.56. The van der Waals surface area contributed by atoms with Crippen molar-refractivity contribution in [3.8, 4) is 0 Å². The highest BCUT2D eigenvalue weighted by atomic mass is 35.5. The number of likely N-dealkylation sites (N-methyl/N-ethyl adjacent to an activating group) is 2. The Morgan fingerprint density at radius 2 is 2.00 bits per heavy atom. The molecule has 0 bridgehead atoms. The molecule has 0 spiro atoms. The minimum Gasteiger partial charge on any atom is -0.338 e. The van der Waals surface area contributed by atoms with Crippen molar-refractivity contribution in [3.63, 3.8) is 0 Å². The lowest BCUT2D eigenvalue weighted by Crippen LogP contribution is -2.26. The minimum atomic E-state index is -0.0762. The van der Waals surface area contributed by atoms with Gasteiger partial charge < -0.3 is 10.2 Å². The highest BCUT2D eigenvalue weighted by Gasteiger charge is 2.17. The number of pyridine rings is 1. The second-order valence-corrected chi connectivity index (χ2v) is 8.11. The fraction of sp³-hybridized carbons (Fsp3) is 0.240. The minimum absolute atomic E-state index is 0. The Balaban J connectivity index is 0.00000289. The standard InChI is InChI=1S/C25H26N4O2.ClH/c1-17-8-10-19-6-4-5-7-21(19)22(17)15-29(3)24(31)11-9-18-12-20-14-28(2)16-23(30)27-25(20)26-13-18;/h4-13H,14-16H2,1-3H3,(H,26,27,30);1H/b11-9+;. The zero-order chi connectivity index (χ0) is 22.0. The molecule has 3 aromatic rings. The van der Waals surface area contributed by atoms with E-state index in [1.807, 2.05) is 37.2 Å². The Morgan fingerprint density at radius 1 is 1.22 bits per heavy atom. The van der Waals surface area contributed by atoms with Gasteiger partial charge in [0.05, 0.1) is 6.54 Å². The summed E-state index contributed by atoms with van der Waals surface area (Å²) in [4.78, 5) is 32.6. The van der Waals surface area contributed by atoms with Crippen molar-refractivity contribution < 1.29 is 9.59 Å². The topological polar surface area (TPSA) is 65.5 Å². The monoisotopic (exact) mass is 450 g/mol. The largest absolute Gasteiger partial charge is 0.338 e. The first kappa shape index (κ1) is 23.4. The number of nitrogens with one attached hydrogen (secondary N) is 1. The maximum atomic E-state index is 12.8. The Bertz CT molecular complexity index is 1190. The van der Waals surface area contributed by atoms with E-state index in [2.05, 4.69) is 41.5 Å². The van der Waals surface area contributed by atoms with E-state index in [-0.39, 0.29) is 24.2 Å². The van der Waals surface area contributed by atoms with Crippen molar-refractivity contribution in [2.75, 3.05) is 26.0 Å². The molecule has 0 saturated carbocycles. The van der Waals surface area contributed by atoms with Crippen LogP contribution in [0.5, 0.6) is 0 Å². The summed E-state index contributed by atoms with van der Waals surface area (Å²) >= 11 is 0. The summed E-state index contributed by atoms with van der Waals surface area (Å²) < 4.78 is 0. The lowest BCUT2D eigenvalue weighted by molar-refractivity contribution is -0.125. The fourth-order valence-electron chi connectivity index (χ4n) is 3.88. The van der Waals surface area contributed by atoms with Gasteiger partial charge in [0.25, 0.3) is 0 Å². The molecule has 1 aliphatic heterocycles. The third-order valence-corrected chi connectivity index (χ3v) is 5.56. The molecule has 2 heterocycles. The molecule has 32 heavy (non-hydrogen) atoms. The number of carbonyl (C=O) groups is 2. The number of hydrogen-bond acceptors (Lipinski definition) is 4. The van der Waals surface area contributed by atoms with Gasteiger partial charge in [-0.2, -0.15) is 0 Å². The van der Waals surface area contributed by atoms with Crippen LogP contribution in [0.1, 0.15) is 22.3 Å². The van der Waals surface area contributed by atoms with Crippen LogP contribution < -0.4 is 5.32 Å². The van der Waals surface area contributed by atoms with Crippen LogP contribution in [0, 0.1) is 6.92 Å². The normalized spacial score (nSPS) is 13.9. The van der Waals surface area contributed by atoms with Crippen LogP contribution in [0.25, 0.3) is 16.8 Å². The Kier molecular flexibility index (Phi) is 7.28. The van der Waals surface area contributed by atoms with E-state index in [4.69, 9.17) is 0 Å². The summed E-state index contributed by atoms with van der Waals surface area (Å²) in [5.74, 6) is 0.437. The van der Waals surface area contributed by atoms with Crippen LogP contribution in [0.15, 0.2) is 54.7 Å². The number of nitrogens with zero attached hydrogens (tertiary/aromatic N) is 3. The van der Waals surface area contributed by atoms with Gasteiger partial charge in [0.2, 0.25) is 11.8 Å². The average molecular weight is 451 g/mol. The predicted molar refractivity (Wildman–Crippen MR) is 131 cm³/mol. The summed E-state index contributed by atoms with van der Waals surface area (Å²) in [5.41, 5.74) is 4.09. The number of benzene rings is 2. The van der Waals surface area contributed by atoms with E-state index >= 15 is 0 Å². The summed E-state index contributed by atoms with van der Waals surface area (Å²) in [6, 6.07) is 14.4. The number of aryl methyl sites for hydroxylation is 1. The van der Waals surface area contributed by atoms with Crippen molar-refractivity contribution in [1.82, 2.24) is 14.8 Å². The highest BCUT2D eigenvalue weighted by molar-refractivity contribution is 5.94. The number of aromatic nitrogens is 1. The molecule has 0 aliphatic carbocycles. The van der Waals surface area contributed by atoms with Crippen LogP contribution in [-0.2, 0) is 22.7 Å². The zero-order valence-electron chi connectivity index (χ0n) is 18.5. The lowest BCUT2D eigenvalue weighted by atomic mass is 9.99. The second kappa shape index (κ2) is 9.94. The molecule has 0 saturated heterocycles. The zero-order valence-corrected chi connectivity index (χ0v) is 19.3. The Hall–Kier alpha value is -3.22. The van der Waals surface area contributed by atoms with Gasteiger partial charge in [0.15, 0.2) is 0 Å². The first-order valence-electron chi connectivity index (χ1n) is 10.3. The van der Waals surface area contributed by atoms with E-state index < -0.39 is 0 Å². The number of anilines is 1. The molecule has 0 unspecified atom stereocenters. The first-order valence-corrected chi connectivity index (χ1v) is 10.3. The third kappa shape index (κ3) is 5.15. The smallest absolute Gasteiger partial charge is 0.246 e. The van der Waals surface area contributed by atoms with Crippen LogP contribution in [0.4, 0.5) is 5.82 Å². The van der Waals surface area contributed by atoms with Crippen molar-refractivity contribution in [2.45, 2.75) is 20.0 Å². The highest BCUT2D eigenvalue weighted by Crippen LogP contribution is 2.24. The summed E-state index contributed by atoms with van der Waals surface area (Å²) in [7, 11) is 3.71. The molecule has 6 nitrogen and oxygen atoms in total. The molecule has 7 heteroatoms. The Labute approximate surface area is 194 Å². The van der Waals surface area contributed by atoms with Crippen LogP contribution >= 0.6 is 12.4 Å². The van der Waals surface area contributed by atoms with Gasteiger partial charge in [-0.1, -0.05) is 36.4 Å². The molecule has 2 aromatic carbocycles. The molecule has 2 amide bonds. The van der Waals surface area contributed by atoms with Crippen molar-refractivity contribution in [3.05, 3.63) is 77.0 Å². The van der Waals surface area contributed by atoms with Crippen LogP contribution in [0.3, 0.4) is 0 Å². The molecule has 0 radical (unpaired) electrons. The van der Waals surface area contributed by atoms with Gasteiger partial charge in [0, 0.05) is 38.0 Å². The van der Waals surface area contributed by atoms with Gasteiger partial charge in [-0.3, -0.25) is 14.5 Å². The van der Waals surface area contributed by atoms with Gasteiger partial charge >= 0.3 is 0 Å². The van der Waals surface area contributed by atoms with E-state index in [0.29, 0.717) is 25.5 Å². The molecule has 1 aliphatic rings. The SMILES string of the molecule is Cc1ccc2ccccc2c1CN(C)C(=O)/C=C/c1cnc2c(c1)CN(C)CC(=O)N2.Cl. The van der Waals surface area contributed by atoms with Gasteiger partial charge in [-0.25, -0.2) is 4.98 Å². The summed E-state index contributed by atoms with van der Waals surface area (Å²) in [6.07, 6.45) is 5.01. The van der Waals surface area contributed by atoms with Crippen molar-refractivity contribution in [2.24, 2.45) is 0 Å². The molecule has 0 fully saturated rings. The van der Waals surface area contributed by atoms with Gasteiger partial charge in [-0.05, 0) is 53.6 Å². The summed E-state index contributed by atoms with van der Waals surface area (Å²) in [5, 5.41) is 5.17. The van der Waals surface area contributed by atoms with E-state index in [1.54, 1.807) is 23.2 Å². The Morgan fingerprint density at radius 3 is 2.81 bits per heavy atom. The van der Waals surface area contributed by atoms with E-state index in [9.17, 15) is 9.59 Å². The van der Waals surface area contributed by atoms with Crippen molar-refractivity contribution in [1.29, 1.82) is 0 Å². The molecule has 0 atom stereocenters. The van der Waals surface area contributed by atoms with Gasteiger partial charge in [0.1, 0.15) is 5.82 Å². The summed E-state index contributed by atoms with van der Waals surface area (Å²) in [6.45, 7) is 3.57. The molecule has 166 valence electrons. The second-order valence-electron chi connectivity index (χ2n) is 8.11. The molecule has 1 aromatic heterocycles. The maximum absolute atomic E-state index is 12.8. The number of fused-ring (bicyclic) bond motifs is 2. The quantitative estimate of drug-likeness (QED) is 0.610. The number of carbonyl (C=O) groups excluding carboxylic acids is 2. The lowest BCUT2D eigenvalue weighted by Gasteiger charge is -2.18. The number of hydrogen-bond donors (Lipinski definition) is 1. The van der Waals surface area contributed by atoms with E-state index in [0.717, 1.165) is 16.7 Å².